The summed E-state index contributed by atoms with van der Waals surface area (Å²) in [7, 11) is 0. The lowest BCUT2D eigenvalue weighted by Gasteiger charge is -2.28. The van der Waals surface area contributed by atoms with Gasteiger partial charge in [0, 0.05) is 24.7 Å². The molecule has 0 saturated carbocycles. The number of carbonyl (C=O) groups excluding carboxylic acids is 2. The van der Waals surface area contributed by atoms with Gasteiger partial charge in [0.2, 0.25) is 11.8 Å². The molecule has 0 unspecified atom stereocenters. The first-order valence-electron chi connectivity index (χ1n) is 16.1. The number of rotatable bonds is 10. The third-order valence-corrected chi connectivity index (χ3v) is 8.48. The molecule has 4 aromatic carbocycles. The summed E-state index contributed by atoms with van der Waals surface area (Å²) in [6.45, 7) is 15.4. The van der Waals surface area contributed by atoms with E-state index in [0.29, 0.717) is 17.1 Å². The van der Waals surface area contributed by atoms with E-state index in [1.54, 1.807) is 18.2 Å². The quantitative estimate of drug-likeness (QED) is 0.100. The van der Waals surface area contributed by atoms with E-state index in [4.69, 9.17) is 22.3 Å². The van der Waals surface area contributed by atoms with Crippen LogP contribution in [0.5, 0.6) is 23.0 Å². The van der Waals surface area contributed by atoms with Crippen molar-refractivity contribution >= 4 is 23.2 Å². The van der Waals surface area contributed by atoms with Crippen molar-refractivity contribution in [1.29, 1.82) is 0 Å². The number of amides is 2. The van der Waals surface area contributed by atoms with Crippen molar-refractivity contribution in [2.24, 2.45) is 0 Å². The minimum Gasteiger partial charge on any atom is -0.508 e. The number of ether oxygens (including phenoxy) is 2. The van der Waals surface area contributed by atoms with Gasteiger partial charge in [0.15, 0.2) is 0 Å². The van der Waals surface area contributed by atoms with E-state index in [2.05, 4.69) is 56.2 Å². The van der Waals surface area contributed by atoms with Gasteiger partial charge in [0.05, 0.1) is 11.4 Å². The minimum atomic E-state index is -0.334. The lowest BCUT2D eigenvalue weighted by Crippen LogP contribution is -2.20. The van der Waals surface area contributed by atoms with Crippen LogP contribution in [-0.4, -0.2) is 35.2 Å². The highest BCUT2D eigenvalue weighted by atomic mass is 16.5. The molecule has 0 fully saturated rings. The number of carbonyl (C=O) groups is 2. The molecular formula is C42H46N2O6. The van der Waals surface area contributed by atoms with Gasteiger partial charge < -0.3 is 30.3 Å². The van der Waals surface area contributed by atoms with Crippen molar-refractivity contribution in [3.05, 3.63) is 106 Å². The number of terminal acetylenes is 2. The Morgan fingerprint density at radius 1 is 0.620 bits per heavy atom. The standard InChI is InChI=1S/C24H25NO3.C18H21NO3/c1-7-13-27-22-11-9-19(15-17(22)3)24(5,6)20-10-12-23(28-14-8-2)21(16-20)25-18(4)26;1-11-9-13(5-7-16(11)21)18(3,4)14-6-8-17(22)15(10-14)19-12(2)20/h1-2,9-12,15-16H,13-14H2,3-6H3,(H,25,26);5-10,21-22H,1-4H3,(H,19,20). The monoisotopic (exact) mass is 674 g/mol. The van der Waals surface area contributed by atoms with E-state index in [1.807, 2.05) is 62.4 Å². The summed E-state index contributed by atoms with van der Waals surface area (Å²) in [6, 6.07) is 22.5. The Morgan fingerprint density at radius 3 is 1.50 bits per heavy atom. The number of aryl methyl sites for hydroxylation is 2. The molecule has 4 aromatic rings. The van der Waals surface area contributed by atoms with E-state index in [0.717, 1.165) is 39.1 Å². The second-order valence-electron chi connectivity index (χ2n) is 13.0. The lowest BCUT2D eigenvalue weighted by atomic mass is 9.77. The largest absolute Gasteiger partial charge is 0.508 e. The predicted octanol–water partition coefficient (Wildman–Crippen LogP) is 7.99. The third kappa shape index (κ3) is 9.61. The van der Waals surface area contributed by atoms with Gasteiger partial charge in [-0.2, -0.15) is 0 Å². The van der Waals surface area contributed by atoms with E-state index in [9.17, 15) is 19.8 Å². The lowest BCUT2D eigenvalue weighted by molar-refractivity contribution is -0.115. The molecule has 0 saturated heterocycles. The number of phenolic OH excluding ortho intramolecular Hbond substituents is 2. The van der Waals surface area contributed by atoms with Gasteiger partial charge in [-0.05, 0) is 83.6 Å². The summed E-state index contributed by atoms with van der Waals surface area (Å²) >= 11 is 0. The molecule has 0 aromatic heterocycles. The van der Waals surface area contributed by atoms with E-state index in [-0.39, 0.29) is 47.4 Å². The van der Waals surface area contributed by atoms with Gasteiger partial charge in [-0.1, -0.05) is 75.9 Å². The van der Waals surface area contributed by atoms with Crippen molar-refractivity contribution in [1.82, 2.24) is 0 Å². The molecule has 0 aliphatic carbocycles. The van der Waals surface area contributed by atoms with Crippen molar-refractivity contribution in [3.63, 3.8) is 0 Å². The normalized spacial score (nSPS) is 10.8. The smallest absolute Gasteiger partial charge is 0.221 e. The number of hydrogen-bond donors (Lipinski definition) is 4. The summed E-state index contributed by atoms with van der Waals surface area (Å²) in [5, 5.41) is 25.0. The van der Waals surface area contributed by atoms with Crippen LogP contribution in [0.15, 0.2) is 72.8 Å². The van der Waals surface area contributed by atoms with Crippen LogP contribution in [0, 0.1) is 38.5 Å². The second kappa shape index (κ2) is 16.5. The van der Waals surface area contributed by atoms with Gasteiger partial charge in [0.1, 0.15) is 36.2 Å². The van der Waals surface area contributed by atoms with Gasteiger partial charge in [-0.3, -0.25) is 9.59 Å². The van der Waals surface area contributed by atoms with Crippen LogP contribution in [0.3, 0.4) is 0 Å². The summed E-state index contributed by atoms with van der Waals surface area (Å²) in [5.41, 5.74) is 6.31. The molecule has 0 aliphatic heterocycles. The maximum Gasteiger partial charge on any atom is 0.221 e. The van der Waals surface area contributed by atoms with Crippen LogP contribution in [0.1, 0.15) is 74.9 Å². The molecule has 0 heterocycles. The molecule has 0 aliphatic rings. The summed E-state index contributed by atoms with van der Waals surface area (Å²) in [6.07, 6.45) is 10.5. The van der Waals surface area contributed by atoms with Crippen LogP contribution in [0.4, 0.5) is 11.4 Å². The maximum absolute atomic E-state index is 11.6. The van der Waals surface area contributed by atoms with Crippen LogP contribution >= 0.6 is 0 Å². The molecule has 4 rings (SSSR count). The van der Waals surface area contributed by atoms with Crippen LogP contribution in [-0.2, 0) is 20.4 Å². The highest BCUT2D eigenvalue weighted by Crippen LogP contribution is 2.39. The molecule has 0 spiro atoms. The van der Waals surface area contributed by atoms with Gasteiger partial charge >= 0.3 is 0 Å². The van der Waals surface area contributed by atoms with Crippen LogP contribution in [0.2, 0.25) is 0 Å². The van der Waals surface area contributed by atoms with E-state index >= 15 is 0 Å². The van der Waals surface area contributed by atoms with Gasteiger partial charge in [-0.15, -0.1) is 12.8 Å². The van der Waals surface area contributed by atoms with Crippen molar-refractivity contribution < 1.29 is 29.3 Å². The number of anilines is 2. The minimum absolute atomic E-state index is 0.0386. The molecule has 260 valence electrons. The molecule has 4 N–H and O–H groups in total. The Morgan fingerprint density at radius 2 is 1.02 bits per heavy atom. The first-order valence-corrected chi connectivity index (χ1v) is 16.1. The number of benzene rings is 4. The van der Waals surface area contributed by atoms with E-state index < -0.39 is 0 Å². The zero-order valence-electron chi connectivity index (χ0n) is 30.0. The zero-order valence-corrected chi connectivity index (χ0v) is 30.0. The Hall–Kier alpha value is -5.86. The molecule has 0 radical (unpaired) electrons. The summed E-state index contributed by atoms with van der Waals surface area (Å²) < 4.78 is 11.1. The summed E-state index contributed by atoms with van der Waals surface area (Å²) in [4.78, 5) is 22.8. The SMILES string of the molecule is C#CCOc1ccc(C(C)(C)c2ccc(OCC#C)c(NC(C)=O)c2)cc1C.CC(=O)Nc1cc(C(C)(C)c2ccc(O)c(C)c2)ccc1O. The number of phenols is 2. The van der Waals surface area contributed by atoms with Crippen molar-refractivity contribution in [2.45, 2.75) is 66.2 Å². The fourth-order valence-electron chi connectivity index (χ4n) is 5.36. The number of nitrogens with one attached hydrogen (secondary N) is 2. The molecule has 8 nitrogen and oxygen atoms in total. The Kier molecular flexibility index (Phi) is 12.7. The highest BCUT2D eigenvalue weighted by molar-refractivity contribution is 5.91. The van der Waals surface area contributed by atoms with Gasteiger partial charge in [-0.25, -0.2) is 0 Å². The maximum atomic E-state index is 11.6. The molecule has 0 atom stereocenters. The fourth-order valence-corrected chi connectivity index (χ4v) is 5.36. The van der Waals surface area contributed by atoms with Gasteiger partial charge in [0.25, 0.3) is 0 Å². The molecular weight excluding hydrogens is 628 g/mol. The Bertz CT molecular complexity index is 1950. The first-order chi connectivity index (χ1) is 23.5. The summed E-state index contributed by atoms with van der Waals surface area (Å²) in [5.74, 6) is 6.13. The Balaban J connectivity index is 0.000000278. The highest BCUT2D eigenvalue weighted by Gasteiger charge is 2.26. The van der Waals surface area contributed by atoms with E-state index in [1.165, 1.54) is 13.8 Å². The second-order valence-corrected chi connectivity index (χ2v) is 13.0. The molecule has 0 bridgehead atoms. The van der Waals surface area contributed by atoms with Crippen molar-refractivity contribution in [2.75, 3.05) is 23.8 Å². The molecule has 8 heteroatoms. The molecule has 2 amide bonds. The third-order valence-electron chi connectivity index (χ3n) is 8.48. The topological polar surface area (TPSA) is 117 Å². The zero-order chi connectivity index (χ0) is 37.2. The van der Waals surface area contributed by atoms with Crippen LogP contribution < -0.4 is 20.1 Å². The van der Waals surface area contributed by atoms with Crippen LogP contribution in [0.25, 0.3) is 0 Å². The molecule has 50 heavy (non-hydrogen) atoms. The average Bonchev–Trinajstić information content (AvgIpc) is 3.05. The first kappa shape index (κ1) is 38.6. The number of aromatic hydroxyl groups is 2. The predicted molar refractivity (Wildman–Crippen MR) is 200 cm³/mol. The Labute approximate surface area is 295 Å². The average molecular weight is 675 g/mol. The van der Waals surface area contributed by atoms with Crippen molar-refractivity contribution in [3.8, 4) is 47.7 Å². The number of hydrogen-bond acceptors (Lipinski definition) is 6. The fraction of sp³-hybridized carbons (Fsp3) is 0.286.